The van der Waals surface area contributed by atoms with E-state index in [1.807, 2.05) is 31.3 Å². The van der Waals surface area contributed by atoms with Crippen LogP contribution in [0.15, 0.2) is 36.5 Å². The number of aromatic nitrogens is 1. The van der Waals surface area contributed by atoms with Crippen LogP contribution in [0.1, 0.15) is 11.3 Å². The molecule has 0 bridgehead atoms. The quantitative estimate of drug-likeness (QED) is 0.660. The molecule has 1 aromatic carbocycles. The molecule has 1 nitrogen and oxygen atoms in total. The van der Waals surface area contributed by atoms with Gasteiger partial charge in [0.15, 0.2) is 0 Å². The molecule has 1 heteroatoms. The normalized spacial score (nSPS) is 10.1. The zero-order valence-electron chi connectivity index (χ0n) is 8.41. The fourth-order valence-electron chi connectivity index (χ4n) is 1.68. The van der Waals surface area contributed by atoms with E-state index in [0.717, 1.165) is 5.69 Å². The zero-order chi connectivity index (χ0) is 9.97. The summed E-state index contributed by atoms with van der Waals surface area (Å²) >= 11 is 0. The second-order valence-corrected chi connectivity index (χ2v) is 3.38. The van der Waals surface area contributed by atoms with Crippen molar-refractivity contribution < 1.29 is 0 Å². The van der Waals surface area contributed by atoms with Crippen LogP contribution in [0, 0.1) is 19.9 Å². The van der Waals surface area contributed by atoms with Gasteiger partial charge in [-0.1, -0.05) is 24.3 Å². The van der Waals surface area contributed by atoms with E-state index in [-0.39, 0.29) is 0 Å². The summed E-state index contributed by atoms with van der Waals surface area (Å²) in [6.07, 6.45) is 1.85. The van der Waals surface area contributed by atoms with Gasteiger partial charge in [-0.15, -0.1) is 0 Å². The minimum Gasteiger partial charge on any atom is -0.261 e. The van der Waals surface area contributed by atoms with Gasteiger partial charge in [-0.05, 0) is 37.1 Å². The maximum Gasteiger partial charge on any atom is 0.0453 e. The molecule has 0 aliphatic carbocycles. The SMILES string of the molecule is Cc1ccnc(C)c1-c1cc[c]cc1. The van der Waals surface area contributed by atoms with Gasteiger partial charge in [0.05, 0.1) is 0 Å². The topological polar surface area (TPSA) is 12.9 Å². The summed E-state index contributed by atoms with van der Waals surface area (Å²) in [4.78, 5) is 4.31. The molecule has 0 saturated carbocycles. The second-order valence-electron chi connectivity index (χ2n) is 3.38. The van der Waals surface area contributed by atoms with Crippen LogP contribution in [-0.2, 0) is 0 Å². The first-order valence-corrected chi connectivity index (χ1v) is 4.68. The molecule has 14 heavy (non-hydrogen) atoms. The smallest absolute Gasteiger partial charge is 0.0453 e. The highest BCUT2D eigenvalue weighted by Gasteiger charge is 2.04. The van der Waals surface area contributed by atoms with Crippen molar-refractivity contribution in [2.75, 3.05) is 0 Å². The number of rotatable bonds is 1. The van der Waals surface area contributed by atoms with Crippen LogP contribution in [0.3, 0.4) is 0 Å². The monoisotopic (exact) mass is 182 g/mol. The maximum atomic E-state index is 4.31. The van der Waals surface area contributed by atoms with Crippen molar-refractivity contribution >= 4 is 0 Å². The molecule has 0 amide bonds. The van der Waals surface area contributed by atoms with Gasteiger partial charge in [-0.2, -0.15) is 0 Å². The lowest BCUT2D eigenvalue weighted by atomic mass is 10.00. The summed E-state index contributed by atoms with van der Waals surface area (Å²) in [6.45, 7) is 4.15. The number of nitrogens with zero attached hydrogens (tertiary/aromatic N) is 1. The molecular formula is C13H12N. The van der Waals surface area contributed by atoms with Gasteiger partial charge in [0.25, 0.3) is 0 Å². The predicted molar refractivity (Wildman–Crippen MR) is 58.0 cm³/mol. The van der Waals surface area contributed by atoms with Crippen LogP contribution in [0.2, 0.25) is 0 Å². The minimum atomic E-state index is 1.08. The average Bonchev–Trinajstić information content (AvgIpc) is 2.19. The third-order valence-corrected chi connectivity index (χ3v) is 2.36. The Balaban J connectivity index is 2.63. The highest BCUT2D eigenvalue weighted by molar-refractivity contribution is 5.68. The molecule has 1 aromatic heterocycles. The van der Waals surface area contributed by atoms with E-state index in [0.29, 0.717) is 0 Å². The molecule has 0 N–H and O–H groups in total. The van der Waals surface area contributed by atoms with Crippen LogP contribution < -0.4 is 0 Å². The van der Waals surface area contributed by atoms with Crippen molar-refractivity contribution in [2.45, 2.75) is 13.8 Å². The Kier molecular flexibility index (Phi) is 2.32. The molecule has 1 heterocycles. The molecule has 0 spiro atoms. The highest BCUT2D eigenvalue weighted by atomic mass is 14.7. The van der Waals surface area contributed by atoms with Crippen molar-refractivity contribution in [3.8, 4) is 11.1 Å². The molecule has 0 aliphatic rings. The van der Waals surface area contributed by atoms with E-state index in [9.17, 15) is 0 Å². The van der Waals surface area contributed by atoms with Crippen LogP contribution in [0.4, 0.5) is 0 Å². The molecule has 0 saturated heterocycles. The Hall–Kier alpha value is -1.63. The number of aryl methyl sites for hydroxylation is 2. The van der Waals surface area contributed by atoms with Gasteiger partial charge >= 0.3 is 0 Å². The van der Waals surface area contributed by atoms with Gasteiger partial charge in [0.1, 0.15) is 0 Å². The summed E-state index contributed by atoms with van der Waals surface area (Å²) in [5.41, 5.74) is 4.80. The summed E-state index contributed by atoms with van der Waals surface area (Å²) in [6, 6.07) is 13.1. The van der Waals surface area contributed by atoms with Gasteiger partial charge in [-0.3, -0.25) is 4.98 Å². The standard InChI is InChI=1S/C13H12N/c1-10-8-9-14-11(2)13(10)12-6-4-3-5-7-12/h4-9H,1-2H3. The number of benzene rings is 1. The first-order chi connectivity index (χ1) is 6.79. The predicted octanol–water partition coefficient (Wildman–Crippen LogP) is 3.17. The average molecular weight is 182 g/mol. The van der Waals surface area contributed by atoms with E-state index in [1.165, 1.54) is 16.7 Å². The number of hydrogen-bond acceptors (Lipinski definition) is 1. The third-order valence-electron chi connectivity index (χ3n) is 2.36. The lowest BCUT2D eigenvalue weighted by Crippen LogP contribution is -1.90. The maximum absolute atomic E-state index is 4.31. The van der Waals surface area contributed by atoms with Crippen molar-refractivity contribution in [2.24, 2.45) is 0 Å². The Bertz CT molecular complexity index is 412. The molecule has 0 fully saturated rings. The molecule has 0 aliphatic heterocycles. The summed E-state index contributed by atoms with van der Waals surface area (Å²) in [5, 5.41) is 0. The fourth-order valence-corrected chi connectivity index (χ4v) is 1.68. The Morgan fingerprint density at radius 3 is 2.43 bits per heavy atom. The molecule has 2 aromatic rings. The van der Waals surface area contributed by atoms with Gasteiger partial charge < -0.3 is 0 Å². The third kappa shape index (κ3) is 1.53. The molecule has 2 rings (SSSR count). The van der Waals surface area contributed by atoms with Crippen LogP contribution in [-0.4, -0.2) is 4.98 Å². The van der Waals surface area contributed by atoms with Crippen molar-refractivity contribution in [1.29, 1.82) is 0 Å². The second kappa shape index (κ2) is 3.62. The fraction of sp³-hybridized carbons (Fsp3) is 0.154. The molecular weight excluding hydrogens is 170 g/mol. The van der Waals surface area contributed by atoms with Crippen LogP contribution >= 0.6 is 0 Å². The van der Waals surface area contributed by atoms with Gasteiger partial charge in [-0.25, -0.2) is 0 Å². The van der Waals surface area contributed by atoms with Crippen molar-refractivity contribution in [1.82, 2.24) is 4.98 Å². The lowest BCUT2D eigenvalue weighted by molar-refractivity contribution is 1.18. The van der Waals surface area contributed by atoms with Crippen LogP contribution in [0.5, 0.6) is 0 Å². The van der Waals surface area contributed by atoms with Gasteiger partial charge in [0.2, 0.25) is 0 Å². The van der Waals surface area contributed by atoms with E-state index in [1.54, 1.807) is 0 Å². The summed E-state index contributed by atoms with van der Waals surface area (Å²) < 4.78 is 0. The van der Waals surface area contributed by atoms with Gasteiger partial charge in [0, 0.05) is 17.5 Å². The van der Waals surface area contributed by atoms with E-state index < -0.39 is 0 Å². The van der Waals surface area contributed by atoms with E-state index in [2.05, 4.69) is 30.1 Å². The van der Waals surface area contributed by atoms with E-state index in [4.69, 9.17) is 0 Å². The minimum absolute atomic E-state index is 1.08. The summed E-state index contributed by atoms with van der Waals surface area (Å²) in [5.74, 6) is 0. The van der Waals surface area contributed by atoms with Crippen LogP contribution in [0.25, 0.3) is 11.1 Å². The van der Waals surface area contributed by atoms with Crippen molar-refractivity contribution in [3.63, 3.8) is 0 Å². The Morgan fingerprint density at radius 1 is 1.07 bits per heavy atom. The number of pyridine rings is 1. The molecule has 1 radical (unpaired) electrons. The molecule has 0 unspecified atom stereocenters. The molecule has 69 valence electrons. The Morgan fingerprint density at radius 2 is 1.79 bits per heavy atom. The zero-order valence-corrected chi connectivity index (χ0v) is 8.41. The first-order valence-electron chi connectivity index (χ1n) is 4.68. The summed E-state index contributed by atoms with van der Waals surface area (Å²) in [7, 11) is 0. The van der Waals surface area contributed by atoms with E-state index >= 15 is 0 Å². The lowest BCUT2D eigenvalue weighted by Gasteiger charge is -2.07. The Labute approximate surface area is 84.4 Å². The first kappa shape index (κ1) is 8.95. The number of hydrogen-bond donors (Lipinski definition) is 0. The van der Waals surface area contributed by atoms with Crippen molar-refractivity contribution in [3.05, 3.63) is 53.9 Å². The largest absolute Gasteiger partial charge is 0.261 e. The highest BCUT2D eigenvalue weighted by Crippen LogP contribution is 2.24. The molecule has 0 atom stereocenters.